The molecule has 0 spiro atoms. The summed E-state index contributed by atoms with van der Waals surface area (Å²) in [5.74, 6) is -2.32. The highest BCUT2D eigenvalue weighted by molar-refractivity contribution is 6.12. The molecule has 1 aromatic carbocycles. The lowest BCUT2D eigenvalue weighted by atomic mass is 10.0. The number of esters is 1. The van der Waals surface area contributed by atoms with E-state index in [1.807, 2.05) is 0 Å². The number of carbonyl (C=O) groups excluding carboxylic acids is 6. The molecule has 0 fully saturated rings. The quantitative estimate of drug-likeness (QED) is 0.178. The van der Waals surface area contributed by atoms with Crippen LogP contribution in [-0.2, 0) is 40.1 Å². The second-order valence-electron chi connectivity index (χ2n) is 9.24. The summed E-state index contributed by atoms with van der Waals surface area (Å²) in [4.78, 5) is 72.8. The van der Waals surface area contributed by atoms with E-state index >= 15 is 0 Å². The third kappa shape index (κ3) is 10.2. The fourth-order valence-corrected chi connectivity index (χ4v) is 3.60. The van der Waals surface area contributed by atoms with Crippen molar-refractivity contribution in [2.24, 2.45) is 5.92 Å². The molecule has 11 heteroatoms. The second-order valence-corrected chi connectivity index (χ2v) is 9.24. The van der Waals surface area contributed by atoms with Crippen molar-refractivity contribution in [1.82, 2.24) is 15.5 Å². The largest absolute Gasteiger partial charge is 0.461 e. The van der Waals surface area contributed by atoms with E-state index in [0.717, 1.165) is 10.5 Å². The molecule has 0 saturated heterocycles. The molecule has 5 amide bonds. The van der Waals surface area contributed by atoms with Crippen LogP contribution in [0.15, 0.2) is 36.4 Å². The first kappa shape index (κ1) is 30.2. The van der Waals surface area contributed by atoms with Gasteiger partial charge in [-0.05, 0) is 36.5 Å². The zero-order chi connectivity index (χ0) is 28.1. The maximum Gasteiger partial charge on any atom is 0.305 e. The van der Waals surface area contributed by atoms with Crippen molar-refractivity contribution < 1.29 is 33.5 Å². The fourth-order valence-electron chi connectivity index (χ4n) is 3.60. The maximum absolute atomic E-state index is 12.6. The summed E-state index contributed by atoms with van der Waals surface area (Å²) in [6.07, 6.45) is 4.76. The van der Waals surface area contributed by atoms with Crippen molar-refractivity contribution in [1.29, 1.82) is 0 Å². The number of amides is 5. The van der Waals surface area contributed by atoms with Gasteiger partial charge in [-0.25, -0.2) is 0 Å². The van der Waals surface area contributed by atoms with E-state index in [9.17, 15) is 28.8 Å². The Morgan fingerprint density at radius 3 is 2.18 bits per heavy atom. The molecule has 0 bridgehead atoms. The van der Waals surface area contributed by atoms with Gasteiger partial charge in [0.1, 0.15) is 12.6 Å². The van der Waals surface area contributed by atoms with E-state index < -0.39 is 17.9 Å². The Labute approximate surface area is 222 Å². The van der Waals surface area contributed by atoms with Gasteiger partial charge >= 0.3 is 5.97 Å². The van der Waals surface area contributed by atoms with Gasteiger partial charge in [0.2, 0.25) is 17.7 Å². The number of hydrogen-bond acceptors (Lipinski definition) is 7. The summed E-state index contributed by atoms with van der Waals surface area (Å²) in [7, 11) is 0. The monoisotopic (exact) mass is 528 g/mol. The molecule has 3 N–H and O–H groups in total. The molecule has 1 aliphatic rings. The number of benzene rings is 1. The summed E-state index contributed by atoms with van der Waals surface area (Å²) in [6, 6.07) is 5.99. The molecule has 0 radical (unpaired) electrons. The van der Waals surface area contributed by atoms with Gasteiger partial charge in [-0.15, -0.1) is 0 Å². The molecule has 1 heterocycles. The number of unbranched alkanes of at least 4 members (excludes halogenated alkanes) is 2. The van der Waals surface area contributed by atoms with Crippen LogP contribution < -0.4 is 16.0 Å². The highest BCUT2D eigenvalue weighted by atomic mass is 16.5. The minimum atomic E-state index is -0.800. The van der Waals surface area contributed by atoms with Gasteiger partial charge in [0.05, 0.1) is 6.54 Å². The van der Waals surface area contributed by atoms with Crippen molar-refractivity contribution in [3.8, 4) is 0 Å². The second kappa shape index (κ2) is 15.3. The van der Waals surface area contributed by atoms with Crippen LogP contribution in [-0.4, -0.2) is 59.5 Å². The van der Waals surface area contributed by atoms with E-state index in [-0.39, 0.29) is 49.2 Å². The normalized spacial score (nSPS) is 13.4. The maximum atomic E-state index is 12.6. The number of imide groups is 1. The van der Waals surface area contributed by atoms with Gasteiger partial charge in [-0.2, -0.15) is 0 Å². The minimum Gasteiger partial charge on any atom is -0.461 e. The van der Waals surface area contributed by atoms with Gasteiger partial charge in [-0.3, -0.25) is 33.7 Å². The summed E-state index contributed by atoms with van der Waals surface area (Å²) < 4.78 is 5.06. The summed E-state index contributed by atoms with van der Waals surface area (Å²) in [6.45, 7) is 5.49. The van der Waals surface area contributed by atoms with Gasteiger partial charge < -0.3 is 20.7 Å². The number of anilines is 1. The molecule has 1 aromatic rings. The van der Waals surface area contributed by atoms with Crippen LogP contribution >= 0.6 is 0 Å². The van der Waals surface area contributed by atoms with Crippen LogP contribution in [0.2, 0.25) is 0 Å². The van der Waals surface area contributed by atoms with E-state index in [1.165, 1.54) is 12.2 Å². The minimum absolute atomic E-state index is 0.150. The molecule has 1 atom stereocenters. The van der Waals surface area contributed by atoms with Crippen molar-refractivity contribution in [2.45, 2.75) is 65.5 Å². The third-order valence-electron chi connectivity index (χ3n) is 5.80. The van der Waals surface area contributed by atoms with Crippen molar-refractivity contribution >= 4 is 41.2 Å². The van der Waals surface area contributed by atoms with Gasteiger partial charge in [0, 0.05) is 37.2 Å². The van der Waals surface area contributed by atoms with Crippen LogP contribution in [0.1, 0.15) is 58.4 Å². The summed E-state index contributed by atoms with van der Waals surface area (Å²) >= 11 is 0. The third-order valence-corrected chi connectivity index (χ3v) is 5.80. The van der Waals surface area contributed by atoms with E-state index in [4.69, 9.17) is 4.74 Å². The summed E-state index contributed by atoms with van der Waals surface area (Å²) in [5, 5.41) is 7.95. The Kier molecular flexibility index (Phi) is 12.1. The molecule has 1 aliphatic heterocycles. The van der Waals surface area contributed by atoms with Crippen molar-refractivity contribution in [2.75, 3.05) is 18.4 Å². The number of nitrogens with one attached hydrogen (secondary N) is 3. The molecule has 38 heavy (non-hydrogen) atoms. The number of hydrogen-bond donors (Lipinski definition) is 3. The average molecular weight is 529 g/mol. The van der Waals surface area contributed by atoms with Gasteiger partial charge in [0.25, 0.3) is 11.8 Å². The first-order valence-corrected chi connectivity index (χ1v) is 12.8. The smallest absolute Gasteiger partial charge is 0.305 e. The molecule has 0 aliphatic carbocycles. The Balaban J connectivity index is 1.69. The molecule has 2 rings (SSSR count). The van der Waals surface area contributed by atoms with E-state index in [1.54, 1.807) is 45.0 Å². The lowest BCUT2D eigenvalue weighted by molar-refractivity contribution is -0.144. The molecule has 0 aromatic heterocycles. The predicted octanol–water partition coefficient (Wildman–Crippen LogP) is 1.82. The fraction of sp³-hybridized carbons (Fsp3) is 0.481. The summed E-state index contributed by atoms with van der Waals surface area (Å²) in [5.41, 5.74) is 1.31. The standard InChI is InChI=1S/C27H36N4O7/c1-4-25(36)38-17-19-9-11-20(12-10-19)29-22(33)16-28-27(37)26(18(2)3)30-21(32)8-6-5-7-15-31-23(34)13-14-24(31)35/h9-14,18,26H,4-8,15-17H2,1-3H3,(H,28,37)(H,29,33)(H,30,32). The van der Waals surface area contributed by atoms with Crippen LogP contribution in [0.5, 0.6) is 0 Å². The van der Waals surface area contributed by atoms with Crippen LogP contribution in [0.4, 0.5) is 5.69 Å². The van der Waals surface area contributed by atoms with Crippen molar-refractivity contribution in [3.63, 3.8) is 0 Å². The number of nitrogens with zero attached hydrogens (tertiary/aromatic N) is 1. The number of rotatable bonds is 15. The van der Waals surface area contributed by atoms with Crippen LogP contribution in [0, 0.1) is 5.92 Å². The van der Waals surface area contributed by atoms with Crippen LogP contribution in [0.25, 0.3) is 0 Å². The number of ether oxygens (including phenoxy) is 1. The Morgan fingerprint density at radius 2 is 1.58 bits per heavy atom. The Bertz CT molecular complexity index is 1030. The lowest BCUT2D eigenvalue weighted by Crippen LogP contribution is -2.51. The first-order valence-electron chi connectivity index (χ1n) is 12.8. The van der Waals surface area contributed by atoms with Crippen molar-refractivity contribution in [3.05, 3.63) is 42.0 Å². The average Bonchev–Trinajstić information content (AvgIpc) is 3.21. The zero-order valence-electron chi connectivity index (χ0n) is 22.1. The SMILES string of the molecule is CCC(=O)OCc1ccc(NC(=O)CNC(=O)C(NC(=O)CCCCCN2C(=O)C=CC2=O)C(C)C)cc1. The number of carbonyl (C=O) groups is 6. The van der Waals surface area contributed by atoms with Crippen LogP contribution in [0.3, 0.4) is 0 Å². The molecule has 0 saturated carbocycles. The Hall–Kier alpha value is -4.02. The highest BCUT2D eigenvalue weighted by Gasteiger charge is 2.25. The van der Waals surface area contributed by atoms with Gasteiger partial charge in [0.15, 0.2) is 0 Å². The zero-order valence-corrected chi connectivity index (χ0v) is 22.1. The Morgan fingerprint density at radius 1 is 0.921 bits per heavy atom. The van der Waals surface area contributed by atoms with Gasteiger partial charge in [-0.1, -0.05) is 39.3 Å². The topological polar surface area (TPSA) is 151 Å². The molecule has 206 valence electrons. The molecule has 11 nitrogen and oxygen atoms in total. The highest BCUT2D eigenvalue weighted by Crippen LogP contribution is 2.11. The molecular formula is C27H36N4O7. The predicted molar refractivity (Wildman–Crippen MR) is 139 cm³/mol. The lowest BCUT2D eigenvalue weighted by Gasteiger charge is -2.21. The first-order chi connectivity index (χ1) is 18.1. The molecular weight excluding hydrogens is 492 g/mol. The molecule has 1 unspecified atom stereocenters. The van der Waals surface area contributed by atoms with E-state index in [2.05, 4.69) is 16.0 Å². The van der Waals surface area contributed by atoms with E-state index in [0.29, 0.717) is 37.9 Å².